The molecule has 0 heterocycles. The number of halogens is 2. The number of rotatable bonds is 4. The highest BCUT2D eigenvalue weighted by molar-refractivity contribution is 6.39. The summed E-state index contributed by atoms with van der Waals surface area (Å²) in [6, 6.07) is 10.9. The number of carbonyl (C=O) groups is 1. The third-order valence-electron chi connectivity index (χ3n) is 4.59. The van der Waals surface area contributed by atoms with E-state index >= 15 is 0 Å². The van der Waals surface area contributed by atoms with Gasteiger partial charge < -0.3 is 16.2 Å². The minimum absolute atomic E-state index is 0.219. The van der Waals surface area contributed by atoms with Crippen LogP contribution in [0, 0.1) is 0 Å². The first-order chi connectivity index (χ1) is 12.0. The molecule has 25 heavy (non-hydrogen) atoms. The molecular formula is C19H20Cl2N2O2. The lowest BCUT2D eigenvalue weighted by Crippen LogP contribution is -2.29. The number of nitrogens with two attached hydrogens (primary N) is 1. The van der Waals surface area contributed by atoms with Crippen molar-refractivity contribution in [1.82, 2.24) is 0 Å². The largest absolute Gasteiger partial charge is 0.393 e. The lowest BCUT2D eigenvalue weighted by atomic mass is 9.92. The number of nitrogens with one attached hydrogen (secondary N) is 1. The second-order valence-electron chi connectivity index (χ2n) is 6.37. The summed E-state index contributed by atoms with van der Waals surface area (Å²) in [4.78, 5) is 11.9. The number of hydrogen-bond donors (Lipinski definition) is 3. The predicted octanol–water partition coefficient (Wildman–Crippen LogP) is 4.47. The number of hydrogen-bond acceptors (Lipinski definition) is 3. The zero-order valence-electron chi connectivity index (χ0n) is 13.6. The topological polar surface area (TPSA) is 75.4 Å². The molecule has 2 aromatic rings. The first-order valence-electron chi connectivity index (χ1n) is 8.28. The fourth-order valence-corrected chi connectivity index (χ4v) is 3.86. The Morgan fingerprint density at radius 1 is 1.08 bits per heavy atom. The summed E-state index contributed by atoms with van der Waals surface area (Å²) in [5.74, 6) is -0.511. The van der Waals surface area contributed by atoms with Crippen molar-refractivity contribution in [3.63, 3.8) is 0 Å². The minimum Gasteiger partial charge on any atom is -0.393 e. The van der Waals surface area contributed by atoms with Crippen LogP contribution in [-0.4, -0.2) is 23.2 Å². The van der Waals surface area contributed by atoms with E-state index in [9.17, 15) is 9.90 Å². The SMILES string of the molecule is NC(=O)c1cc(-c2c(Cl)cccc2Cl)ccc1N[C@H]1CC[C@H](O)CC1. The molecule has 0 saturated heterocycles. The minimum atomic E-state index is -0.511. The van der Waals surface area contributed by atoms with Crippen molar-refractivity contribution in [2.24, 2.45) is 5.73 Å². The van der Waals surface area contributed by atoms with E-state index in [-0.39, 0.29) is 12.1 Å². The van der Waals surface area contributed by atoms with Crippen LogP contribution in [0.1, 0.15) is 36.0 Å². The third kappa shape index (κ3) is 4.09. The number of aliphatic hydroxyl groups excluding tert-OH is 1. The van der Waals surface area contributed by atoms with Crippen LogP contribution in [0.4, 0.5) is 5.69 Å². The number of amides is 1. The summed E-state index contributed by atoms with van der Waals surface area (Å²) in [6.07, 6.45) is 3.02. The highest BCUT2D eigenvalue weighted by Gasteiger charge is 2.21. The van der Waals surface area contributed by atoms with Gasteiger partial charge >= 0.3 is 0 Å². The summed E-state index contributed by atoms with van der Waals surface area (Å²) in [7, 11) is 0. The molecule has 0 aromatic heterocycles. The summed E-state index contributed by atoms with van der Waals surface area (Å²) in [5.41, 5.74) is 8.10. The van der Waals surface area contributed by atoms with E-state index in [0.29, 0.717) is 26.9 Å². The van der Waals surface area contributed by atoms with Crippen molar-refractivity contribution >= 4 is 34.8 Å². The molecule has 2 aromatic carbocycles. The molecule has 0 bridgehead atoms. The molecule has 3 rings (SSSR count). The van der Waals surface area contributed by atoms with Crippen molar-refractivity contribution in [2.45, 2.75) is 37.8 Å². The van der Waals surface area contributed by atoms with Gasteiger partial charge in [-0.25, -0.2) is 0 Å². The monoisotopic (exact) mass is 378 g/mol. The molecule has 0 radical (unpaired) electrons. The molecule has 1 amide bonds. The van der Waals surface area contributed by atoms with E-state index in [1.807, 2.05) is 12.1 Å². The van der Waals surface area contributed by atoms with Crippen LogP contribution >= 0.6 is 23.2 Å². The first-order valence-corrected chi connectivity index (χ1v) is 9.04. The molecule has 6 heteroatoms. The van der Waals surface area contributed by atoms with Gasteiger partial charge in [-0.2, -0.15) is 0 Å². The van der Waals surface area contributed by atoms with Gasteiger partial charge in [-0.1, -0.05) is 35.3 Å². The van der Waals surface area contributed by atoms with Crippen LogP contribution < -0.4 is 11.1 Å². The Morgan fingerprint density at radius 3 is 2.32 bits per heavy atom. The zero-order valence-corrected chi connectivity index (χ0v) is 15.1. The fourth-order valence-electron chi connectivity index (χ4n) is 3.24. The average Bonchev–Trinajstić information content (AvgIpc) is 2.57. The summed E-state index contributed by atoms with van der Waals surface area (Å²) >= 11 is 12.5. The van der Waals surface area contributed by atoms with Crippen molar-refractivity contribution in [1.29, 1.82) is 0 Å². The van der Waals surface area contributed by atoms with Crippen LogP contribution in [-0.2, 0) is 0 Å². The Labute approximate surface area is 156 Å². The van der Waals surface area contributed by atoms with Gasteiger partial charge in [-0.15, -0.1) is 0 Å². The molecule has 1 aliphatic rings. The van der Waals surface area contributed by atoms with Crippen LogP contribution in [0.15, 0.2) is 36.4 Å². The lowest BCUT2D eigenvalue weighted by molar-refractivity contribution is 0.100. The zero-order chi connectivity index (χ0) is 18.0. The quantitative estimate of drug-likeness (QED) is 0.734. The molecule has 1 aliphatic carbocycles. The van der Waals surface area contributed by atoms with E-state index in [1.165, 1.54) is 0 Å². The molecule has 1 saturated carbocycles. The smallest absolute Gasteiger partial charge is 0.250 e. The van der Waals surface area contributed by atoms with Crippen LogP contribution in [0.5, 0.6) is 0 Å². The highest BCUT2D eigenvalue weighted by atomic mass is 35.5. The summed E-state index contributed by atoms with van der Waals surface area (Å²) in [6.45, 7) is 0. The van der Waals surface area contributed by atoms with Gasteiger partial charge in [-0.3, -0.25) is 4.79 Å². The normalized spacial score (nSPS) is 20.3. The molecule has 0 aliphatic heterocycles. The van der Waals surface area contributed by atoms with E-state index < -0.39 is 5.91 Å². The summed E-state index contributed by atoms with van der Waals surface area (Å²) in [5, 5.41) is 14.0. The van der Waals surface area contributed by atoms with Crippen LogP contribution in [0.2, 0.25) is 10.0 Å². The maximum Gasteiger partial charge on any atom is 0.250 e. The first kappa shape index (κ1) is 18.1. The Hall–Kier alpha value is -1.75. The maximum atomic E-state index is 11.9. The van der Waals surface area contributed by atoms with Crippen molar-refractivity contribution in [3.8, 4) is 11.1 Å². The average molecular weight is 379 g/mol. The molecule has 1 fully saturated rings. The summed E-state index contributed by atoms with van der Waals surface area (Å²) < 4.78 is 0. The van der Waals surface area contributed by atoms with E-state index in [0.717, 1.165) is 31.2 Å². The van der Waals surface area contributed by atoms with Gasteiger partial charge in [0.05, 0.1) is 11.7 Å². The van der Waals surface area contributed by atoms with Crippen molar-refractivity contribution in [3.05, 3.63) is 52.0 Å². The Morgan fingerprint density at radius 2 is 1.72 bits per heavy atom. The van der Waals surface area contributed by atoms with Gasteiger partial charge in [0, 0.05) is 27.3 Å². The second kappa shape index (κ2) is 7.65. The van der Waals surface area contributed by atoms with E-state index in [1.54, 1.807) is 24.3 Å². The number of primary amides is 1. The van der Waals surface area contributed by atoms with Gasteiger partial charge in [0.2, 0.25) is 0 Å². The number of anilines is 1. The Bertz CT molecular complexity index is 767. The van der Waals surface area contributed by atoms with Crippen LogP contribution in [0.25, 0.3) is 11.1 Å². The van der Waals surface area contributed by atoms with Crippen LogP contribution in [0.3, 0.4) is 0 Å². The highest BCUT2D eigenvalue weighted by Crippen LogP contribution is 2.36. The third-order valence-corrected chi connectivity index (χ3v) is 5.22. The van der Waals surface area contributed by atoms with Gasteiger partial charge in [0.25, 0.3) is 5.91 Å². The molecular weight excluding hydrogens is 359 g/mol. The van der Waals surface area contributed by atoms with Crippen molar-refractivity contribution in [2.75, 3.05) is 5.32 Å². The van der Waals surface area contributed by atoms with E-state index in [4.69, 9.17) is 28.9 Å². The second-order valence-corrected chi connectivity index (χ2v) is 7.19. The van der Waals surface area contributed by atoms with Gasteiger partial charge in [0.1, 0.15) is 0 Å². The molecule has 0 atom stereocenters. The number of benzene rings is 2. The number of carbonyl (C=O) groups excluding carboxylic acids is 1. The maximum absolute atomic E-state index is 11.9. The van der Waals surface area contributed by atoms with Crippen molar-refractivity contribution < 1.29 is 9.90 Å². The van der Waals surface area contributed by atoms with Gasteiger partial charge in [-0.05, 0) is 55.5 Å². The predicted molar refractivity (Wildman–Crippen MR) is 102 cm³/mol. The molecule has 4 nitrogen and oxygen atoms in total. The molecule has 0 unspecified atom stereocenters. The molecule has 0 spiro atoms. The Balaban J connectivity index is 1.92. The van der Waals surface area contributed by atoms with Gasteiger partial charge in [0.15, 0.2) is 0 Å². The number of aliphatic hydroxyl groups is 1. The Kier molecular flexibility index (Phi) is 5.52. The molecule has 132 valence electrons. The lowest BCUT2D eigenvalue weighted by Gasteiger charge is -2.27. The van der Waals surface area contributed by atoms with E-state index in [2.05, 4.69) is 5.32 Å². The fraction of sp³-hybridized carbons (Fsp3) is 0.316. The molecule has 4 N–H and O–H groups in total. The standard InChI is InChI=1S/C19H20Cl2N2O2/c20-15-2-1-3-16(21)18(15)11-4-9-17(14(10-11)19(22)25)23-12-5-7-13(24)8-6-12/h1-4,9-10,12-13,23-24H,5-8H2,(H2,22,25)/t12-,13-.